The first kappa shape index (κ1) is 24.7. The van der Waals surface area contributed by atoms with Crippen molar-refractivity contribution in [2.75, 3.05) is 13.1 Å². The Morgan fingerprint density at radius 3 is 2.16 bits per heavy atom. The van der Waals surface area contributed by atoms with Crippen LogP contribution in [0.4, 0.5) is 0 Å². The van der Waals surface area contributed by atoms with Crippen LogP contribution in [-0.2, 0) is 23.2 Å². The van der Waals surface area contributed by atoms with Gasteiger partial charge in [0.1, 0.15) is 6.54 Å². The highest BCUT2D eigenvalue weighted by atomic mass is 16.2. The third-order valence-electron chi connectivity index (χ3n) is 5.96. The van der Waals surface area contributed by atoms with E-state index < -0.39 is 0 Å². The first-order chi connectivity index (χ1) is 14.8. The smallest absolute Gasteiger partial charge is 0.242 e. The van der Waals surface area contributed by atoms with Crippen LogP contribution in [0.2, 0.25) is 0 Å². The van der Waals surface area contributed by atoms with Gasteiger partial charge in [0.2, 0.25) is 11.8 Å². The van der Waals surface area contributed by atoms with Gasteiger partial charge in [-0.15, -0.1) is 0 Å². The molecule has 0 fully saturated rings. The molecule has 2 atom stereocenters. The average molecular weight is 426 g/mol. The zero-order valence-corrected chi connectivity index (χ0v) is 20.0. The maximum Gasteiger partial charge on any atom is 0.242 e. The number of nitrogens with zero attached hydrogens (tertiary/aromatic N) is 3. The first-order valence-corrected chi connectivity index (χ1v) is 11.5. The third-order valence-corrected chi connectivity index (χ3v) is 5.96. The third kappa shape index (κ3) is 6.71. The Bertz CT molecular complexity index is 828. The van der Waals surface area contributed by atoms with Crippen LogP contribution in [-0.4, -0.2) is 45.3 Å². The summed E-state index contributed by atoms with van der Waals surface area (Å²) in [5.74, 6) is 0.172. The van der Waals surface area contributed by atoms with Gasteiger partial charge >= 0.3 is 0 Å². The lowest BCUT2D eigenvalue weighted by Crippen LogP contribution is -2.48. The van der Waals surface area contributed by atoms with E-state index in [2.05, 4.69) is 20.8 Å². The molecule has 1 heterocycles. The molecule has 2 amide bonds. The summed E-state index contributed by atoms with van der Waals surface area (Å²) in [6.07, 6.45) is 3.52. The summed E-state index contributed by atoms with van der Waals surface area (Å²) in [5.41, 5.74) is 2.10. The number of hydrogen-bond acceptors (Lipinski definition) is 2. The van der Waals surface area contributed by atoms with Crippen LogP contribution in [0, 0.1) is 5.92 Å². The molecule has 2 rings (SSSR count). The van der Waals surface area contributed by atoms with E-state index in [0.29, 0.717) is 25.4 Å². The molecule has 170 valence electrons. The van der Waals surface area contributed by atoms with Gasteiger partial charge in [-0.05, 0) is 43.4 Å². The van der Waals surface area contributed by atoms with Gasteiger partial charge in [0.05, 0.1) is 12.5 Å². The zero-order chi connectivity index (χ0) is 23.0. The molecule has 1 aromatic heterocycles. The van der Waals surface area contributed by atoms with Crippen LogP contribution in [0.1, 0.15) is 64.6 Å². The molecule has 5 nitrogen and oxygen atoms in total. The normalized spacial score (nSPS) is 13.1. The van der Waals surface area contributed by atoms with E-state index in [-0.39, 0.29) is 30.3 Å². The van der Waals surface area contributed by atoms with Crippen LogP contribution < -0.4 is 0 Å². The van der Waals surface area contributed by atoms with Gasteiger partial charge < -0.3 is 14.4 Å². The van der Waals surface area contributed by atoms with Gasteiger partial charge in [0.25, 0.3) is 0 Å². The molecule has 0 aliphatic heterocycles. The summed E-state index contributed by atoms with van der Waals surface area (Å²) in [5, 5.41) is 0. The second-order valence-electron chi connectivity index (χ2n) is 8.87. The summed E-state index contributed by atoms with van der Waals surface area (Å²) in [6.45, 7) is 11.7. The summed E-state index contributed by atoms with van der Waals surface area (Å²) in [6, 6.07) is 13.9. The number of carbonyl (C=O) groups is 2. The molecule has 0 aliphatic rings. The van der Waals surface area contributed by atoms with Crippen molar-refractivity contribution < 1.29 is 9.59 Å². The van der Waals surface area contributed by atoms with Gasteiger partial charge in [0, 0.05) is 31.5 Å². The van der Waals surface area contributed by atoms with E-state index >= 15 is 0 Å². The standard InChI is InChI=1S/C26H39N3O2/c1-7-21(5)29(26(31)24(8-2)22-13-10-9-11-14-22)19-25(30)28(17-20(3)4)18-23-15-12-16-27(23)6/h9-16,20-21,24H,7-8,17-19H2,1-6H3. The Morgan fingerprint density at radius 2 is 1.65 bits per heavy atom. The molecule has 0 N–H and O–H groups in total. The van der Waals surface area contributed by atoms with Crippen LogP contribution >= 0.6 is 0 Å². The quantitative estimate of drug-likeness (QED) is 0.518. The lowest BCUT2D eigenvalue weighted by molar-refractivity contribution is -0.144. The minimum Gasteiger partial charge on any atom is -0.353 e. The Hall–Kier alpha value is -2.56. The summed E-state index contributed by atoms with van der Waals surface area (Å²) < 4.78 is 2.04. The highest BCUT2D eigenvalue weighted by Crippen LogP contribution is 2.24. The number of benzene rings is 1. The molecule has 2 aromatic rings. The SMILES string of the molecule is CCC(C(=O)N(CC(=O)N(Cc1cccn1C)CC(C)C)C(C)CC)c1ccccc1. The van der Waals surface area contributed by atoms with E-state index in [4.69, 9.17) is 0 Å². The van der Waals surface area contributed by atoms with E-state index in [1.54, 1.807) is 4.90 Å². The molecule has 0 spiro atoms. The maximum absolute atomic E-state index is 13.6. The Labute approximate surface area is 188 Å². The zero-order valence-electron chi connectivity index (χ0n) is 20.0. The van der Waals surface area contributed by atoms with Crippen LogP contribution in [0.15, 0.2) is 48.7 Å². The predicted octanol–water partition coefficient (Wildman–Crippen LogP) is 4.83. The molecule has 1 aromatic carbocycles. The topological polar surface area (TPSA) is 45.6 Å². The molecule has 0 aliphatic carbocycles. The summed E-state index contributed by atoms with van der Waals surface area (Å²) in [7, 11) is 1.99. The second kappa shape index (κ2) is 11.7. The minimum absolute atomic E-state index is 0.00477. The molecule has 0 saturated heterocycles. The number of aromatic nitrogens is 1. The van der Waals surface area contributed by atoms with Crippen molar-refractivity contribution in [1.82, 2.24) is 14.4 Å². The lowest BCUT2D eigenvalue weighted by Gasteiger charge is -2.34. The van der Waals surface area contributed by atoms with E-state index in [1.165, 1.54) is 0 Å². The number of carbonyl (C=O) groups excluding carboxylic acids is 2. The largest absolute Gasteiger partial charge is 0.353 e. The van der Waals surface area contributed by atoms with Gasteiger partial charge in [0.15, 0.2) is 0 Å². The van der Waals surface area contributed by atoms with Gasteiger partial charge in [-0.2, -0.15) is 0 Å². The molecule has 0 bridgehead atoms. The van der Waals surface area contributed by atoms with Crippen LogP contribution in [0.25, 0.3) is 0 Å². The Balaban J connectivity index is 2.24. The Kier molecular flexibility index (Phi) is 9.35. The lowest BCUT2D eigenvalue weighted by atomic mass is 9.94. The minimum atomic E-state index is -0.227. The molecule has 0 saturated carbocycles. The predicted molar refractivity (Wildman–Crippen MR) is 127 cm³/mol. The van der Waals surface area contributed by atoms with Crippen molar-refractivity contribution in [2.24, 2.45) is 13.0 Å². The van der Waals surface area contributed by atoms with E-state index in [0.717, 1.165) is 17.7 Å². The number of amides is 2. The number of hydrogen-bond donors (Lipinski definition) is 0. The van der Waals surface area contributed by atoms with Gasteiger partial charge in [-0.3, -0.25) is 9.59 Å². The summed E-state index contributed by atoms with van der Waals surface area (Å²) in [4.78, 5) is 30.7. The maximum atomic E-state index is 13.6. The first-order valence-electron chi connectivity index (χ1n) is 11.5. The molecular weight excluding hydrogens is 386 g/mol. The highest BCUT2D eigenvalue weighted by Gasteiger charge is 2.30. The molecule has 5 heteroatoms. The van der Waals surface area contributed by atoms with Crippen LogP contribution in [0.5, 0.6) is 0 Å². The van der Waals surface area contributed by atoms with Crippen molar-refractivity contribution in [3.8, 4) is 0 Å². The average Bonchev–Trinajstić information content (AvgIpc) is 3.16. The summed E-state index contributed by atoms with van der Waals surface area (Å²) >= 11 is 0. The molecule has 2 unspecified atom stereocenters. The molecule has 31 heavy (non-hydrogen) atoms. The van der Waals surface area contributed by atoms with Gasteiger partial charge in [-0.1, -0.05) is 58.0 Å². The molecular formula is C26H39N3O2. The van der Waals surface area contributed by atoms with E-state index in [1.807, 2.05) is 79.0 Å². The van der Waals surface area contributed by atoms with Crippen molar-refractivity contribution in [3.05, 3.63) is 59.9 Å². The van der Waals surface area contributed by atoms with Gasteiger partial charge in [-0.25, -0.2) is 0 Å². The van der Waals surface area contributed by atoms with Crippen molar-refractivity contribution in [1.29, 1.82) is 0 Å². The van der Waals surface area contributed by atoms with Crippen molar-refractivity contribution in [2.45, 2.75) is 66.0 Å². The number of rotatable bonds is 11. The fourth-order valence-electron chi connectivity index (χ4n) is 3.91. The van der Waals surface area contributed by atoms with E-state index in [9.17, 15) is 9.59 Å². The van der Waals surface area contributed by atoms with Crippen molar-refractivity contribution >= 4 is 11.8 Å². The van der Waals surface area contributed by atoms with Crippen molar-refractivity contribution in [3.63, 3.8) is 0 Å². The fourth-order valence-corrected chi connectivity index (χ4v) is 3.91. The number of aryl methyl sites for hydroxylation is 1. The highest BCUT2D eigenvalue weighted by molar-refractivity contribution is 5.88. The fraction of sp³-hybridized carbons (Fsp3) is 0.538. The van der Waals surface area contributed by atoms with Crippen LogP contribution in [0.3, 0.4) is 0 Å². The molecule has 0 radical (unpaired) electrons. The second-order valence-corrected chi connectivity index (χ2v) is 8.87. The monoisotopic (exact) mass is 425 g/mol. The Morgan fingerprint density at radius 1 is 0.968 bits per heavy atom.